The molecular formula is C19H23N5O4. The molecule has 148 valence electrons. The summed E-state index contributed by atoms with van der Waals surface area (Å²) in [5, 5.41) is 8.19. The lowest BCUT2D eigenvalue weighted by molar-refractivity contribution is -0.134. The van der Waals surface area contributed by atoms with Gasteiger partial charge >= 0.3 is 6.03 Å². The molecule has 0 aromatic carbocycles. The van der Waals surface area contributed by atoms with Crippen LogP contribution in [0, 0.1) is 5.92 Å². The van der Waals surface area contributed by atoms with Gasteiger partial charge in [-0.2, -0.15) is 5.01 Å². The van der Waals surface area contributed by atoms with Crippen molar-refractivity contribution >= 4 is 28.9 Å². The number of imide groups is 1. The SMILES string of the molecule is CC1CCC2(CC1)NC(=O)N(NC(=O)c1cnc3onc(C(C)C)c3c1)C2=O. The number of carbonyl (C=O) groups excluding carboxylic acids is 3. The first kappa shape index (κ1) is 18.4. The van der Waals surface area contributed by atoms with Gasteiger partial charge in [-0.15, -0.1) is 0 Å². The molecule has 4 rings (SSSR count). The van der Waals surface area contributed by atoms with Gasteiger partial charge in [0.05, 0.1) is 16.6 Å². The lowest BCUT2D eigenvalue weighted by Crippen LogP contribution is -2.51. The maximum absolute atomic E-state index is 12.9. The van der Waals surface area contributed by atoms with Crippen LogP contribution in [0.1, 0.15) is 68.4 Å². The van der Waals surface area contributed by atoms with Crippen molar-refractivity contribution < 1.29 is 18.9 Å². The Morgan fingerprint density at radius 2 is 2.07 bits per heavy atom. The smallest absolute Gasteiger partial charge is 0.336 e. The average Bonchev–Trinajstić information content (AvgIpc) is 3.19. The van der Waals surface area contributed by atoms with E-state index >= 15 is 0 Å². The maximum atomic E-state index is 12.9. The van der Waals surface area contributed by atoms with Crippen molar-refractivity contribution in [2.45, 2.75) is 57.9 Å². The molecule has 0 bridgehead atoms. The van der Waals surface area contributed by atoms with Gasteiger partial charge in [-0.25, -0.2) is 9.78 Å². The van der Waals surface area contributed by atoms with Crippen LogP contribution in [0.3, 0.4) is 0 Å². The van der Waals surface area contributed by atoms with Gasteiger partial charge in [0.15, 0.2) is 0 Å². The highest BCUT2D eigenvalue weighted by Gasteiger charge is 2.52. The monoisotopic (exact) mass is 385 g/mol. The van der Waals surface area contributed by atoms with Crippen LogP contribution in [0.5, 0.6) is 0 Å². The highest BCUT2D eigenvalue weighted by molar-refractivity contribution is 6.09. The molecule has 1 aliphatic carbocycles. The number of amides is 4. The van der Waals surface area contributed by atoms with Crippen molar-refractivity contribution in [3.05, 3.63) is 23.5 Å². The molecule has 1 aliphatic heterocycles. The molecule has 28 heavy (non-hydrogen) atoms. The molecule has 2 aromatic heterocycles. The normalized spacial score (nSPS) is 25.0. The Kier molecular flexibility index (Phi) is 4.32. The van der Waals surface area contributed by atoms with E-state index in [2.05, 4.69) is 27.8 Å². The highest BCUT2D eigenvalue weighted by atomic mass is 16.5. The average molecular weight is 385 g/mol. The predicted octanol–water partition coefficient (Wildman–Crippen LogP) is 2.49. The van der Waals surface area contributed by atoms with Crippen LogP contribution >= 0.6 is 0 Å². The summed E-state index contributed by atoms with van der Waals surface area (Å²) in [5.41, 5.74) is 2.77. The van der Waals surface area contributed by atoms with Crippen LogP contribution in [0.15, 0.2) is 16.8 Å². The lowest BCUT2D eigenvalue weighted by atomic mass is 9.77. The van der Waals surface area contributed by atoms with Crippen LogP contribution < -0.4 is 10.7 Å². The first-order valence-electron chi connectivity index (χ1n) is 9.54. The van der Waals surface area contributed by atoms with Crippen LogP contribution in [0.25, 0.3) is 11.1 Å². The molecule has 9 nitrogen and oxygen atoms in total. The topological polar surface area (TPSA) is 117 Å². The fourth-order valence-corrected chi connectivity index (χ4v) is 3.87. The number of aromatic nitrogens is 2. The Balaban J connectivity index is 1.55. The molecule has 9 heteroatoms. The fourth-order valence-electron chi connectivity index (χ4n) is 3.87. The minimum atomic E-state index is -0.904. The summed E-state index contributed by atoms with van der Waals surface area (Å²) >= 11 is 0. The van der Waals surface area contributed by atoms with Gasteiger partial charge in [0.1, 0.15) is 5.54 Å². The largest absolute Gasteiger partial charge is 0.344 e. The second-order valence-corrected chi connectivity index (χ2v) is 8.08. The number of hydrazine groups is 1. The fraction of sp³-hybridized carbons (Fsp3) is 0.526. The van der Waals surface area contributed by atoms with E-state index in [0.29, 0.717) is 35.6 Å². The van der Waals surface area contributed by atoms with Crippen molar-refractivity contribution in [2.24, 2.45) is 5.92 Å². The minimum absolute atomic E-state index is 0.0980. The number of nitrogens with zero attached hydrogens (tertiary/aromatic N) is 3. The number of hydrogen-bond acceptors (Lipinski definition) is 6. The lowest BCUT2D eigenvalue weighted by Gasteiger charge is -2.33. The van der Waals surface area contributed by atoms with Crippen LogP contribution in [0.2, 0.25) is 0 Å². The Labute approximate surface area is 161 Å². The summed E-state index contributed by atoms with van der Waals surface area (Å²) < 4.78 is 5.17. The molecule has 3 heterocycles. The maximum Gasteiger partial charge on any atom is 0.344 e. The summed E-state index contributed by atoms with van der Waals surface area (Å²) in [5.74, 6) is -0.369. The third kappa shape index (κ3) is 2.90. The standard InChI is InChI=1S/C19H23N5O4/c1-10(2)14-13-8-12(9-20-16(13)28-23-14)15(25)22-24-17(26)19(21-18(24)27)6-4-11(3)5-7-19/h8-11H,4-7H2,1-3H3,(H,21,27)(H,22,25). The zero-order valence-corrected chi connectivity index (χ0v) is 16.1. The molecule has 1 spiro atoms. The number of rotatable bonds is 3. The summed E-state index contributed by atoms with van der Waals surface area (Å²) in [6, 6.07) is 1.01. The first-order chi connectivity index (χ1) is 13.3. The van der Waals surface area contributed by atoms with Gasteiger partial charge in [0.2, 0.25) is 0 Å². The highest BCUT2D eigenvalue weighted by Crippen LogP contribution is 2.35. The van der Waals surface area contributed by atoms with Crippen LogP contribution in [-0.4, -0.2) is 38.5 Å². The number of pyridine rings is 1. The summed E-state index contributed by atoms with van der Waals surface area (Å²) in [6.07, 6.45) is 4.22. The van der Waals surface area contributed by atoms with Gasteiger partial charge in [-0.1, -0.05) is 25.9 Å². The minimum Gasteiger partial charge on any atom is -0.336 e. The zero-order chi connectivity index (χ0) is 20.1. The van der Waals surface area contributed by atoms with Crippen LogP contribution in [0.4, 0.5) is 4.79 Å². The van der Waals surface area contributed by atoms with Crippen LogP contribution in [-0.2, 0) is 4.79 Å². The molecule has 2 aliphatic rings. The van der Waals surface area contributed by atoms with E-state index in [4.69, 9.17) is 4.52 Å². The van der Waals surface area contributed by atoms with Crippen molar-refractivity contribution in [1.82, 2.24) is 25.9 Å². The van der Waals surface area contributed by atoms with Gasteiger partial charge in [-0.3, -0.25) is 15.0 Å². The van der Waals surface area contributed by atoms with Gasteiger partial charge in [0, 0.05) is 6.20 Å². The predicted molar refractivity (Wildman–Crippen MR) is 99.1 cm³/mol. The summed E-state index contributed by atoms with van der Waals surface area (Å²) in [7, 11) is 0. The number of hydrogen-bond donors (Lipinski definition) is 2. The summed E-state index contributed by atoms with van der Waals surface area (Å²) in [6.45, 7) is 6.05. The van der Waals surface area contributed by atoms with E-state index in [1.807, 2.05) is 13.8 Å². The molecule has 2 fully saturated rings. The second-order valence-electron chi connectivity index (χ2n) is 8.08. The van der Waals surface area contributed by atoms with Crippen molar-refractivity contribution in [3.8, 4) is 0 Å². The number of urea groups is 1. The van der Waals surface area contributed by atoms with E-state index in [-0.39, 0.29) is 11.5 Å². The van der Waals surface area contributed by atoms with Gasteiger partial charge < -0.3 is 9.84 Å². The molecule has 1 saturated heterocycles. The Morgan fingerprint density at radius 1 is 1.36 bits per heavy atom. The molecular weight excluding hydrogens is 362 g/mol. The number of carbonyl (C=O) groups is 3. The molecule has 4 amide bonds. The Morgan fingerprint density at radius 3 is 2.75 bits per heavy atom. The van der Waals surface area contributed by atoms with Crippen molar-refractivity contribution in [3.63, 3.8) is 0 Å². The quantitative estimate of drug-likeness (QED) is 0.784. The molecule has 0 atom stereocenters. The van der Waals surface area contributed by atoms with E-state index < -0.39 is 23.4 Å². The first-order valence-corrected chi connectivity index (χ1v) is 9.54. The van der Waals surface area contributed by atoms with Crippen molar-refractivity contribution in [2.75, 3.05) is 0 Å². The number of fused-ring (bicyclic) bond motifs is 1. The molecule has 2 N–H and O–H groups in total. The third-order valence-corrected chi connectivity index (χ3v) is 5.67. The molecule has 0 unspecified atom stereocenters. The van der Waals surface area contributed by atoms with E-state index in [9.17, 15) is 14.4 Å². The second kappa shape index (κ2) is 6.57. The summed E-state index contributed by atoms with van der Waals surface area (Å²) in [4.78, 5) is 42.0. The molecule has 0 radical (unpaired) electrons. The van der Waals surface area contributed by atoms with Crippen molar-refractivity contribution in [1.29, 1.82) is 0 Å². The van der Waals surface area contributed by atoms with E-state index in [1.54, 1.807) is 6.07 Å². The van der Waals surface area contributed by atoms with E-state index in [1.165, 1.54) is 6.20 Å². The van der Waals surface area contributed by atoms with E-state index in [0.717, 1.165) is 17.9 Å². The third-order valence-electron chi connectivity index (χ3n) is 5.67. The molecule has 1 saturated carbocycles. The van der Waals surface area contributed by atoms with Gasteiger partial charge in [-0.05, 0) is 43.6 Å². The molecule has 2 aromatic rings. The van der Waals surface area contributed by atoms with Gasteiger partial charge in [0.25, 0.3) is 17.5 Å². The zero-order valence-electron chi connectivity index (χ0n) is 16.1. The Bertz CT molecular complexity index is 958. The number of nitrogens with one attached hydrogen (secondary N) is 2. The Hall–Kier alpha value is -2.97.